The molecule has 0 aliphatic carbocycles. The summed E-state index contributed by atoms with van der Waals surface area (Å²) in [4.78, 5) is 13.1. The molecule has 6 heteroatoms. The average molecular weight is 313 g/mol. The van der Waals surface area contributed by atoms with Crippen LogP contribution in [0.5, 0.6) is 0 Å². The van der Waals surface area contributed by atoms with Crippen LogP contribution in [0.25, 0.3) is 0 Å². The van der Waals surface area contributed by atoms with E-state index in [1.54, 1.807) is 6.33 Å². The lowest BCUT2D eigenvalue weighted by Gasteiger charge is -2.26. The van der Waals surface area contributed by atoms with E-state index in [1.165, 1.54) is 0 Å². The Hall–Kier alpha value is -2.18. The Balaban J connectivity index is 1.56. The molecular formula is C17H23N5O. The molecule has 1 fully saturated rings. The highest BCUT2D eigenvalue weighted by atomic mass is 16.5. The van der Waals surface area contributed by atoms with Gasteiger partial charge in [0.05, 0.1) is 13.2 Å². The second kappa shape index (κ2) is 7.89. The largest absolute Gasteiger partial charge is 0.379 e. The van der Waals surface area contributed by atoms with E-state index in [-0.39, 0.29) is 0 Å². The average Bonchev–Trinajstić information content (AvgIpc) is 2.63. The summed E-state index contributed by atoms with van der Waals surface area (Å²) in [6.45, 7) is 5.54. The molecule has 0 radical (unpaired) electrons. The lowest BCUT2D eigenvalue weighted by atomic mass is 10.3. The molecule has 0 unspecified atom stereocenters. The van der Waals surface area contributed by atoms with E-state index in [0.29, 0.717) is 0 Å². The molecule has 3 rings (SSSR count). The van der Waals surface area contributed by atoms with Gasteiger partial charge in [-0.25, -0.2) is 9.97 Å². The van der Waals surface area contributed by atoms with Gasteiger partial charge in [-0.15, -0.1) is 0 Å². The number of hydrogen-bond donors (Lipinski definition) is 1. The first kappa shape index (κ1) is 15.7. The van der Waals surface area contributed by atoms with Crippen LogP contribution in [0.4, 0.5) is 17.3 Å². The third kappa shape index (κ3) is 4.40. The summed E-state index contributed by atoms with van der Waals surface area (Å²) in [6.07, 6.45) is 1.60. The lowest BCUT2D eigenvalue weighted by Crippen LogP contribution is -2.39. The molecule has 1 N–H and O–H groups in total. The fraction of sp³-hybridized carbons (Fsp3) is 0.412. The lowest BCUT2D eigenvalue weighted by molar-refractivity contribution is 0.0398. The number of nitrogens with zero attached hydrogens (tertiary/aromatic N) is 4. The summed E-state index contributed by atoms with van der Waals surface area (Å²) in [5.74, 6) is 1.73. The normalized spacial score (nSPS) is 15.3. The van der Waals surface area contributed by atoms with Crippen molar-refractivity contribution in [3.8, 4) is 0 Å². The van der Waals surface area contributed by atoms with Crippen molar-refractivity contribution in [1.29, 1.82) is 0 Å². The Morgan fingerprint density at radius 1 is 1.17 bits per heavy atom. The molecule has 1 aromatic heterocycles. The molecule has 1 aromatic carbocycles. The molecule has 2 aromatic rings. The van der Waals surface area contributed by atoms with Crippen LogP contribution >= 0.6 is 0 Å². The summed E-state index contributed by atoms with van der Waals surface area (Å²) >= 11 is 0. The van der Waals surface area contributed by atoms with E-state index < -0.39 is 0 Å². The van der Waals surface area contributed by atoms with Gasteiger partial charge >= 0.3 is 0 Å². The van der Waals surface area contributed by atoms with Crippen molar-refractivity contribution in [2.45, 2.75) is 0 Å². The Morgan fingerprint density at radius 3 is 2.74 bits per heavy atom. The smallest absolute Gasteiger partial charge is 0.138 e. The van der Waals surface area contributed by atoms with E-state index in [2.05, 4.69) is 37.2 Å². The quantitative estimate of drug-likeness (QED) is 0.880. The number of rotatable bonds is 6. The van der Waals surface area contributed by atoms with Gasteiger partial charge in [-0.2, -0.15) is 0 Å². The molecule has 0 atom stereocenters. The number of morpholine rings is 1. The Morgan fingerprint density at radius 2 is 1.96 bits per heavy atom. The second-order valence-corrected chi connectivity index (χ2v) is 5.54. The molecule has 1 aliphatic heterocycles. The van der Waals surface area contributed by atoms with E-state index in [1.807, 2.05) is 31.3 Å². The molecule has 0 saturated carbocycles. The zero-order chi connectivity index (χ0) is 15.9. The van der Waals surface area contributed by atoms with Gasteiger partial charge < -0.3 is 15.0 Å². The van der Waals surface area contributed by atoms with Crippen LogP contribution in [0.3, 0.4) is 0 Å². The topological polar surface area (TPSA) is 53.5 Å². The van der Waals surface area contributed by atoms with Crippen molar-refractivity contribution in [3.05, 3.63) is 42.7 Å². The monoisotopic (exact) mass is 313 g/mol. The van der Waals surface area contributed by atoms with Gasteiger partial charge in [0.15, 0.2) is 0 Å². The summed E-state index contributed by atoms with van der Waals surface area (Å²) < 4.78 is 5.36. The molecule has 2 heterocycles. The van der Waals surface area contributed by atoms with Gasteiger partial charge in [-0.1, -0.05) is 18.2 Å². The minimum absolute atomic E-state index is 0.833. The van der Waals surface area contributed by atoms with Gasteiger partial charge in [0.25, 0.3) is 0 Å². The van der Waals surface area contributed by atoms with Gasteiger partial charge in [-0.05, 0) is 12.1 Å². The van der Waals surface area contributed by atoms with Crippen LogP contribution in [-0.4, -0.2) is 61.3 Å². The van der Waals surface area contributed by atoms with Crippen molar-refractivity contribution < 1.29 is 4.74 Å². The van der Waals surface area contributed by atoms with E-state index in [9.17, 15) is 0 Å². The maximum atomic E-state index is 5.36. The minimum atomic E-state index is 0.833. The maximum Gasteiger partial charge on any atom is 0.138 e. The predicted octanol–water partition coefficient (Wildman–Crippen LogP) is 1.99. The van der Waals surface area contributed by atoms with Crippen LogP contribution in [0.15, 0.2) is 42.7 Å². The standard InChI is InChI=1S/C17H23N5O/c1-21(15-5-3-2-4-6-15)17-13-16(19-14-20-17)18-7-8-22-9-11-23-12-10-22/h2-6,13-14H,7-12H2,1H3,(H,18,19,20). The fourth-order valence-corrected chi connectivity index (χ4v) is 2.58. The highest BCUT2D eigenvalue weighted by Crippen LogP contribution is 2.22. The van der Waals surface area contributed by atoms with Crippen LogP contribution in [-0.2, 0) is 4.74 Å². The molecule has 1 aliphatic rings. The first-order valence-corrected chi connectivity index (χ1v) is 7.98. The molecule has 6 nitrogen and oxygen atoms in total. The third-order valence-electron chi connectivity index (χ3n) is 3.98. The van der Waals surface area contributed by atoms with Crippen LogP contribution < -0.4 is 10.2 Å². The van der Waals surface area contributed by atoms with Crippen molar-refractivity contribution >= 4 is 17.3 Å². The van der Waals surface area contributed by atoms with Crippen LogP contribution in [0, 0.1) is 0 Å². The molecule has 23 heavy (non-hydrogen) atoms. The Kier molecular flexibility index (Phi) is 5.39. The summed E-state index contributed by atoms with van der Waals surface area (Å²) in [5.41, 5.74) is 1.10. The number of nitrogens with one attached hydrogen (secondary N) is 1. The minimum Gasteiger partial charge on any atom is -0.379 e. The van der Waals surface area contributed by atoms with E-state index in [0.717, 1.165) is 56.7 Å². The number of aromatic nitrogens is 2. The molecule has 122 valence electrons. The summed E-state index contributed by atoms with van der Waals surface area (Å²) in [7, 11) is 2.01. The zero-order valence-electron chi connectivity index (χ0n) is 13.5. The van der Waals surface area contributed by atoms with Crippen LogP contribution in [0.2, 0.25) is 0 Å². The van der Waals surface area contributed by atoms with E-state index in [4.69, 9.17) is 4.74 Å². The van der Waals surface area contributed by atoms with Crippen LogP contribution in [0.1, 0.15) is 0 Å². The predicted molar refractivity (Wildman–Crippen MR) is 92.3 cm³/mol. The number of hydrogen-bond acceptors (Lipinski definition) is 6. The van der Waals surface area contributed by atoms with Gasteiger partial charge in [0.1, 0.15) is 18.0 Å². The van der Waals surface area contributed by atoms with Crippen molar-refractivity contribution in [2.24, 2.45) is 0 Å². The molecular weight excluding hydrogens is 290 g/mol. The summed E-state index contributed by atoms with van der Waals surface area (Å²) in [5, 5.41) is 3.38. The highest BCUT2D eigenvalue weighted by Gasteiger charge is 2.10. The maximum absolute atomic E-state index is 5.36. The van der Waals surface area contributed by atoms with Crippen molar-refractivity contribution in [3.63, 3.8) is 0 Å². The van der Waals surface area contributed by atoms with Gasteiger partial charge in [-0.3, -0.25) is 4.90 Å². The third-order valence-corrected chi connectivity index (χ3v) is 3.98. The molecule has 0 bridgehead atoms. The van der Waals surface area contributed by atoms with E-state index >= 15 is 0 Å². The molecule has 1 saturated heterocycles. The summed E-state index contributed by atoms with van der Waals surface area (Å²) in [6, 6.07) is 12.2. The zero-order valence-corrected chi connectivity index (χ0v) is 13.5. The van der Waals surface area contributed by atoms with Crippen molar-refractivity contribution in [1.82, 2.24) is 14.9 Å². The molecule has 0 amide bonds. The number of benzene rings is 1. The van der Waals surface area contributed by atoms with Gasteiger partial charge in [0.2, 0.25) is 0 Å². The number of para-hydroxylation sites is 1. The number of anilines is 3. The number of ether oxygens (including phenoxy) is 1. The van der Waals surface area contributed by atoms with Gasteiger partial charge in [0, 0.05) is 45.0 Å². The SMILES string of the molecule is CN(c1ccccc1)c1cc(NCCN2CCOCC2)ncn1. The first-order chi connectivity index (χ1) is 11.3. The second-order valence-electron chi connectivity index (χ2n) is 5.54. The fourth-order valence-electron chi connectivity index (χ4n) is 2.58. The Bertz CT molecular complexity index is 601. The van der Waals surface area contributed by atoms with Crippen molar-refractivity contribution in [2.75, 3.05) is 56.7 Å². The first-order valence-electron chi connectivity index (χ1n) is 7.98. The highest BCUT2D eigenvalue weighted by molar-refractivity contribution is 5.61. The Labute approximate surface area is 137 Å². The molecule has 0 spiro atoms.